The Labute approximate surface area is 80.5 Å². The predicted octanol–water partition coefficient (Wildman–Crippen LogP) is 1.43. The molecule has 0 saturated carbocycles. The second-order valence-electron chi connectivity index (χ2n) is 1.91. The van der Waals surface area contributed by atoms with Crippen LogP contribution in [0.25, 0.3) is 0 Å². The summed E-state index contributed by atoms with van der Waals surface area (Å²) < 4.78 is 0. The summed E-state index contributed by atoms with van der Waals surface area (Å²) in [7, 11) is 0. The highest BCUT2D eigenvalue weighted by molar-refractivity contribution is 5.62. The third-order valence-electron chi connectivity index (χ3n) is 0.667. The maximum Gasteiger partial charge on any atom is 0.300 e. The largest absolute Gasteiger partial charge is 0.481 e. The van der Waals surface area contributed by atoms with E-state index in [2.05, 4.69) is 0 Å². The van der Waals surface area contributed by atoms with Gasteiger partial charge in [-0.25, -0.2) is 0 Å². The van der Waals surface area contributed by atoms with E-state index in [9.17, 15) is 0 Å². The normalized spacial score (nSPS) is 6.93. The lowest BCUT2D eigenvalue weighted by atomic mass is 10.4. The number of carboxylic acids is 1. The lowest BCUT2D eigenvalue weighted by molar-refractivity contribution is -0.742. The lowest BCUT2D eigenvalue weighted by Gasteiger charge is -1.69. The van der Waals surface area contributed by atoms with Crippen LogP contribution in [-0.4, -0.2) is 21.4 Å². The molecule has 6 heteroatoms. The Morgan fingerprint density at radius 3 is 1.29 bits per heavy atom. The molecule has 0 aliphatic carbocycles. The summed E-state index contributed by atoms with van der Waals surface area (Å²) in [5, 5.41) is 21.1. The van der Waals surface area contributed by atoms with Crippen LogP contribution in [0.3, 0.4) is 0 Å². The van der Waals surface area contributed by atoms with Crippen molar-refractivity contribution in [3.05, 3.63) is 46.5 Å². The summed E-state index contributed by atoms with van der Waals surface area (Å²) in [6.07, 6.45) is 0. The van der Waals surface area contributed by atoms with E-state index >= 15 is 0 Å². The van der Waals surface area contributed by atoms with E-state index in [-0.39, 0.29) is 0 Å². The molecule has 1 rings (SSSR count). The van der Waals surface area contributed by atoms with Crippen molar-refractivity contribution in [1.82, 2.24) is 0 Å². The molecule has 0 aliphatic rings. The SMILES string of the molecule is CC(=O)O.O=[N+]([O-])O.c1ccccc1. The van der Waals surface area contributed by atoms with E-state index < -0.39 is 11.1 Å². The minimum atomic E-state index is -1.50. The van der Waals surface area contributed by atoms with Crippen LogP contribution in [0.4, 0.5) is 0 Å². The fourth-order valence-electron chi connectivity index (χ4n) is 0.385. The van der Waals surface area contributed by atoms with E-state index in [1.165, 1.54) is 0 Å². The molecule has 6 nitrogen and oxygen atoms in total. The first-order chi connectivity index (χ1) is 6.46. The van der Waals surface area contributed by atoms with Gasteiger partial charge in [-0.05, 0) is 0 Å². The number of aliphatic carboxylic acids is 1. The van der Waals surface area contributed by atoms with E-state index in [1.54, 1.807) is 0 Å². The van der Waals surface area contributed by atoms with Gasteiger partial charge in [0.15, 0.2) is 0 Å². The molecule has 0 unspecified atom stereocenters. The Balaban J connectivity index is 0. The van der Waals surface area contributed by atoms with Gasteiger partial charge in [0.2, 0.25) is 0 Å². The van der Waals surface area contributed by atoms with Gasteiger partial charge in [0, 0.05) is 6.92 Å². The van der Waals surface area contributed by atoms with Crippen molar-refractivity contribution in [1.29, 1.82) is 0 Å². The molecule has 0 spiro atoms. The second-order valence-corrected chi connectivity index (χ2v) is 1.91. The van der Waals surface area contributed by atoms with E-state index in [4.69, 9.17) is 25.2 Å². The molecular formula is C8H11NO5. The highest BCUT2D eigenvalue weighted by Gasteiger charge is 1.65. The summed E-state index contributed by atoms with van der Waals surface area (Å²) >= 11 is 0. The molecule has 1 aromatic carbocycles. The fourth-order valence-corrected chi connectivity index (χ4v) is 0.385. The van der Waals surface area contributed by atoms with Crippen LogP contribution in [0.5, 0.6) is 0 Å². The zero-order valence-electron chi connectivity index (χ0n) is 7.53. The second kappa shape index (κ2) is 10.9. The van der Waals surface area contributed by atoms with Crippen molar-refractivity contribution < 1.29 is 20.2 Å². The number of nitrogens with zero attached hydrogens (tertiary/aromatic N) is 1. The van der Waals surface area contributed by atoms with Crippen LogP contribution in [0.1, 0.15) is 6.92 Å². The van der Waals surface area contributed by atoms with Crippen molar-refractivity contribution in [3.8, 4) is 0 Å². The van der Waals surface area contributed by atoms with Gasteiger partial charge < -0.3 is 10.3 Å². The summed E-state index contributed by atoms with van der Waals surface area (Å²) in [6.45, 7) is 1.08. The van der Waals surface area contributed by atoms with Crippen molar-refractivity contribution >= 4 is 5.97 Å². The topological polar surface area (TPSA) is 101 Å². The molecule has 1 aromatic rings. The summed E-state index contributed by atoms with van der Waals surface area (Å²) in [6, 6.07) is 12.0. The van der Waals surface area contributed by atoms with Crippen LogP contribution in [0.15, 0.2) is 36.4 Å². The summed E-state index contributed by atoms with van der Waals surface area (Å²) in [5.41, 5.74) is 0. The summed E-state index contributed by atoms with van der Waals surface area (Å²) in [5.74, 6) is -0.833. The van der Waals surface area contributed by atoms with Crippen LogP contribution < -0.4 is 0 Å². The Morgan fingerprint density at radius 2 is 1.21 bits per heavy atom. The molecule has 0 amide bonds. The Morgan fingerprint density at radius 1 is 1.14 bits per heavy atom. The first kappa shape index (κ1) is 14.4. The zero-order valence-corrected chi connectivity index (χ0v) is 7.53. The predicted molar refractivity (Wildman–Crippen MR) is 48.5 cm³/mol. The van der Waals surface area contributed by atoms with Gasteiger partial charge in [-0.3, -0.25) is 4.79 Å². The Kier molecular flexibility index (Phi) is 11.2. The third-order valence-corrected chi connectivity index (χ3v) is 0.667. The number of benzene rings is 1. The van der Waals surface area contributed by atoms with Crippen molar-refractivity contribution in [3.63, 3.8) is 0 Å². The maximum atomic E-state index is 9.00. The fraction of sp³-hybridized carbons (Fsp3) is 0.125. The van der Waals surface area contributed by atoms with E-state index in [0.717, 1.165) is 6.92 Å². The van der Waals surface area contributed by atoms with Gasteiger partial charge in [-0.1, -0.05) is 36.4 Å². The molecule has 0 aromatic heterocycles. The monoisotopic (exact) mass is 201 g/mol. The quantitative estimate of drug-likeness (QED) is 0.488. The van der Waals surface area contributed by atoms with Crippen LogP contribution in [-0.2, 0) is 4.79 Å². The maximum absolute atomic E-state index is 9.00. The minimum absolute atomic E-state index is 0.833. The first-order valence-electron chi connectivity index (χ1n) is 3.49. The zero-order chi connectivity index (χ0) is 11.4. The molecule has 0 heterocycles. The Hall–Kier alpha value is -2.11. The first-order valence-corrected chi connectivity index (χ1v) is 3.49. The summed E-state index contributed by atoms with van der Waals surface area (Å²) in [4.78, 5) is 17.4. The van der Waals surface area contributed by atoms with Crippen molar-refractivity contribution in [2.75, 3.05) is 0 Å². The van der Waals surface area contributed by atoms with Crippen molar-refractivity contribution in [2.45, 2.75) is 6.92 Å². The Bertz CT molecular complexity index is 202. The van der Waals surface area contributed by atoms with Crippen LogP contribution in [0, 0.1) is 10.1 Å². The average Bonchev–Trinajstić information content (AvgIpc) is 2.05. The van der Waals surface area contributed by atoms with Gasteiger partial charge in [0.05, 0.1) is 0 Å². The molecule has 0 saturated heterocycles. The smallest absolute Gasteiger partial charge is 0.300 e. The number of hydrogen-bond acceptors (Lipinski definition) is 3. The van der Waals surface area contributed by atoms with Crippen LogP contribution >= 0.6 is 0 Å². The molecule has 78 valence electrons. The lowest BCUT2D eigenvalue weighted by Crippen LogP contribution is -1.81. The van der Waals surface area contributed by atoms with Gasteiger partial charge in [-0.15, -0.1) is 10.1 Å². The van der Waals surface area contributed by atoms with Gasteiger partial charge in [0.1, 0.15) is 0 Å². The molecule has 0 radical (unpaired) electrons. The standard InChI is InChI=1S/C6H6.C2H4O2.HNO3/c1-2-4-6-5-3-1;1-2(3)4;2-1(3)4/h1-6H;1H3,(H,3,4);(H,2,3,4). The molecule has 14 heavy (non-hydrogen) atoms. The number of rotatable bonds is 0. The average molecular weight is 201 g/mol. The number of hydrogen-bond donors (Lipinski definition) is 2. The van der Waals surface area contributed by atoms with Gasteiger partial charge in [-0.2, -0.15) is 0 Å². The molecule has 0 atom stereocenters. The third kappa shape index (κ3) is 51.7. The van der Waals surface area contributed by atoms with E-state index in [0.29, 0.717) is 0 Å². The molecular weight excluding hydrogens is 190 g/mol. The van der Waals surface area contributed by atoms with Gasteiger partial charge >= 0.3 is 0 Å². The van der Waals surface area contributed by atoms with E-state index in [1.807, 2.05) is 36.4 Å². The van der Waals surface area contributed by atoms with Crippen molar-refractivity contribution in [2.24, 2.45) is 0 Å². The molecule has 0 bridgehead atoms. The van der Waals surface area contributed by atoms with Crippen LogP contribution in [0.2, 0.25) is 0 Å². The number of carbonyl (C=O) groups is 1. The molecule has 0 aliphatic heterocycles. The highest BCUT2D eigenvalue weighted by Crippen LogP contribution is 1.79. The molecule has 0 fully saturated rings. The van der Waals surface area contributed by atoms with Gasteiger partial charge in [0.25, 0.3) is 11.1 Å². The molecule has 2 N–H and O–H groups in total. The minimum Gasteiger partial charge on any atom is -0.481 e. The number of carboxylic acid groups (broad SMARTS) is 1. The highest BCUT2D eigenvalue weighted by atomic mass is 16.9.